The smallest absolute Gasteiger partial charge is 0.387 e. The van der Waals surface area contributed by atoms with Crippen molar-refractivity contribution in [2.45, 2.75) is 103 Å². The number of likely N-dealkylation sites (N-methyl/N-ethyl adjacent to an activating group) is 1. The topological polar surface area (TPSA) is 105 Å². The van der Waals surface area contributed by atoms with E-state index >= 15 is 0 Å². The molecule has 0 aromatic carbocycles. The van der Waals surface area contributed by atoms with Gasteiger partial charge in [0.25, 0.3) is 0 Å². The fourth-order valence-corrected chi connectivity index (χ4v) is 4.16. The van der Waals surface area contributed by atoms with Crippen molar-refractivity contribution < 1.29 is 32.9 Å². The zero-order chi connectivity index (χ0) is 25.9. The van der Waals surface area contributed by atoms with Crippen LogP contribution in [0.25, 0.3) is 0 Å². The van der Waals surface area contributed by atoms with Crippen molar-refractivity contribution in [2.75, 3.05) is 40.9 Å². The van der Waals surface area contributed by atoms with Crippen LogP contribution in [0.15, 0.2) is 12.2 Å². The van der Waals surface area contributed by atoms with Crippen molar-refractivity contribution >= 4 is 13.7 Å². The summed E-state index contributed by atoms with van der Waals surface area (Å²) < 4.78 is 22.7. The third kappa shape index (κ3) is 21.8. The molecule has 0 bridgehead atoms. The number of hydrogen-bond acceptors (Lipinski definition) is 5. The second-order valence-electron chi connectivity index (χ2n) is 10.2. The van der Waals surface area contributed by atoms with Gasteiger partial charge < -0.3 is 19.8 Å². The SMILES string of the molecule is CCCCCCCCCCCCC/C=C/C(O)C(COP(=O)(O)OCC[N+](C)(C)C)NC(C)=O. The minimum absolute atomic E-state index is 0.0590. The number of unbranched alkanes of at least 4 members (excludes halogenated alkanes) is 11. The maximum absolute atomic E-state index is 12.1. The molecule has 0 fully saturated rings. The highest BCUT2D eigenvalue weighted by molar-refractivity contribution is 7.47. The van der Waals surface area contributed by atoms with E-state index in [1.807, 2.05) is 27.2 Å². The first kappa shape index (κ1) is 33.2. The molecule has 0 aromatic rings. The van der Waals surface area contributed by atoms with Gasteiger partial charge in [0.1, 0.15) is 13.2 Å². The van der Waals surface area contributed by atoms with E-state index in [0.29, 0.717) is 11.0 Å². The predicted octanol–water partition coefficient (Wildman–Crippen LogP) is 4.95. The summed E-state index contributed by atoms with van der Waals surface area (Å²) in [5.74, 6) is -0.356. The Hall–Kier alpha value is -0.760. The number of allylic oxidation sites excluding steroid dienone is 1. The predicted molar refractivity (Wildman–Crippen MR) is 138 cm³/mol. The van der Waals surface area contributed by atoms with Crippen molar-refractivity contribution in [3.63, 3.8) is 0 Å². The van der Waals surface area contributed by atoms with E-state index in [0.717, 1.165) is 19.3 Å². The molecule has 3 unspecified atom stereocenters. The number of aliphatic hydroxyl groups is 1. The van der Waals surface area contributed by atoms with Gasteiger partial charge >= 0.3 is 7.82 Å². The van der Waals surface area contributed by atoms with Crippen LogP contribution >= 0.6 is 7.82 Å². The van der Waals surface area contributed by atoms with Crippen LogP contribution in [0, 0.1) is 0 Å². The first-order chi connectivity index (χ1) is 16.0. The molecule has 0 saturated carbocycles. The van der Waals surface area contributed by atoms with Gasteiger partial charge in [-0.2, -0.15) is 0 Å². The highest BCUT2D eigenvalue weighted by atomic mass is 31.2. The summed E-state index contributed by atoms with van der Waals surface area (Å²) in [6.45, 7) is 3.83. The Balaban J connectivity index is 4.16. The van der Waals surface area contributed by atoms with E-state index in [4.69, 9.17) is 9.05 Å². The van der Waals surface area contributed by atoms with Crippen molar-refractivity contribution in [2.24, 2.45) is 0 Å². The molecular weight excluding hydrogens is 455 g/mol. The number of hydrogen-bond donors (Lipinski definition) is 3. The molecule has 0 heterocycles. The molecule has 0 aromatic heterocycles. The Morgan fingerprint density at radius 2 is 1.50 bits per heavy atom. The van der Waals surface area contributed by atoms with Gasteiger partial charge in [0, 0.05) is 6.92 Å². The van der Waals surface area contributed by atoms with Gasteiger partial charge in [-0.3, -0.25) is 13.8 Å². The average molecular weight is 508 g/mol. The fourth-order valence-electron chi connectivity index (χ4n) is 3.42. The lowest BCUT2D eigenvalue weighted by Crippen LogP contribution is -2.44. The number of carbonyl (C=O) groups is 1. The van der Waals surface area contributed by atoms with E-state index in [9.17, 15) is 19.4 Å². The molecule has 3 N–H and O–H groups in total. The zero-order valence-corrected chi connectivity index (χ0v) is 23.2. The molecule has 3 atom stereocenters. The molecule has 0 aliphatic heterocycles. The van der Waals surface area contributed by atoms with Gasteiger partial charge in [0.15, 0.2) is 0 Å². The fraction of sp³-hybridized carbons (Fsp3) is 0.880. The molecule has 0 spiro atoms. The maximum atomic E-state index is 12.1. The number of nitrogens with one attached hydrogen (secondary N) is 1. The minimum atomic E-state index is -4.27. The van der Waals surface area contributed by atoms with Gasteiger partial charge in [-0.1, -0.05) is 83.3 Å². The summed E-state index contributed by atoms with van der Waals surface area (Å²) in [5.41, 5.74) is 0. The summed E-state index contributed by atoms with van der Waals surface area (Å²) in [6.07, 6.45) is 17.4. The van der Waals surface area contributed by atoms with Crippen molar-refractivity contribution in [3.8, 4) is 0 Å². The Kier molecular flexibility index (Phi) is 19.0. The van der Waals surface area contributed by atoms with Crippen LogP contribution < -0.4 is 5.32 Å². The third-order valence-corrected chi connectivity index (χ3v) is 6.53. The van der Waals surface area contributed by atoms with Gasteiger partial charge in [-0.05, 0) is 12.8 Å². The largest absolute Gasteiger partial charge is 0.472 e. The van der Waals surface area contributed by atoms with Crippen molar-refractivity contribution in [1.82, 2.24) is 5.32 Å². The molecule has 0 aliphatic rings. The average Bonchev–Trinajstić information content (AvgIpc) is 2.73. The lowest BCUT2D eigenvalue weighted by molar-refractivity contribution is -0.870. The minimum Gasteiger partial charge on any atom is -0.387 e. The van der Waals surface area contributed by atoms with Gasteiger partial charge in [0.05, 0.1) is 39.9 Å². The van der Waals surface area contributed by atoms with E-state index in [-0.39, 0.29) is 19.1 Å². The summed E-state index contributed by atoms with van der Waals surface area (Å²) >= 11 is 0. The normalized spacial score (nSPS) is 15.9. The number of rotatable bonds is 22. The third-order valence-electron chi connectivity index (χ3n) is 5.54. The number of aliphatic hydroxyl groups excluding tert-OH is 1. The van der Waals surface area contributed by atoms with Crippen LogP contribution in [-0.4, -0.2) is 73.4 Å². The standard InChI is InChI=1S/C25H51N2O6P/c1-6-7-8-9-10-11-12-13-14-15-16-17-18-19-25(29)24(26-23(2)28)22-33-34(30,31)32-21-20-27(3,4)5/h18-19,24-25,29H,6-17,20-22H2,1-5H3,(H-,26,28,30,31)/p+1/b19-18+. The Morgan fingerprint density at radius 3 is 2.00 bits per heavy atom. The number of amides is 1. The molecule has 202 valence electrons. The zero-order valence-electron chi connectivity index (χ0n) is 22.3. The molecule has 8 nitrogen and oxygen atoms in total. The Bertz CT molecular complexity index is 594. The molecule has 0 saturated heterocycles. The second kappa shape index (κ2) is 19.4. The summed E-state index contributed by atoms with van der Waals surface area (Å²) in [4.78, 5) is 21.4. The van der Waals surface area contributed by atoms with Crippen LogP contribution in [0.3, 0.4) is 0 Å². The summed E-state index contributed by atoms with van der Waals surface area (Å²) in [6, 6.07) is -0.839. The molecule has 0 aliphatic carbocycles. The highest BCUT2D eigenvalue weighted by Crippen LogP contribution is 2.43. The first-order valence-corrected chi connectivity index (χ1v) is 14.5. The van der Waals surface area contributed by atoms with Crippen LogP contribution in [0.4, 0.5) is 0 Å². The van der Waals surface area contributed by atoms with Crippen LogP contribution in [-0.2, 0) is 18.4 Å². The van der Waals surface area contributed by atoms with Gasteiger partial charge in [0.2, 0.25) is 5.91 Å². The molecular formula is C25H52N2O6P+. The van der Waals surface area contributed by atoms with Crippen LogP contribution in [0.5, 0.6) is 0 Å². The molecule has 0 rings (SSSR count). The Labute approximate surface area is 208 Å². The van der Waals surface area contributed by atoms with Crippen molar-refractivity contribution in [1.29, 1.82) is 0 Å². The maximum Gasteiger partial charge on any atom is 0.472 e. The number of quaternary nitrogens is 1. The van der Waals surface area contributed by atoms with Crippen molar-refractivity contribution in [3.05, 3.63) is 12.2 Å². The lowest BCUT2D eigenvalue weighted by Gasteiger charge is -2.25. The highest BCUT2D eigenvalue weighted by Gasteiger charge is 2.27. The van der Waals surface area contributed by atoms with E-state index in [2.05, 4.69) is 12.2 Å². The van der Waals surface area contributed by atoms with E-state index in [1.165, 1.54) is 64.7 Å². The first-order valence-electron chi connectivity index (χ1n) is 13.0. The second-order valence-corrected chi connectivity index (χ2v) is 11.6. The van der Waals surface area contributed by atoms with E-state index < -0.39 is 20.0 Å². The van der Waals surface area contributed by atoms with Gasteiger partial charge in [-0.15, -0.1) is 0 Å². The number of phosphoric acid groups is 1. The summed E-state index contributed by atoms with van der Waals surface area (Å²) in [5, 5.41) is 13.0. The number of carbonyl (C=O) groups excluding carboxylic acids is 1. The molecule has 34 heavy (non-hydrogen) atoms. The molecule has 9 heteroatoms. The van der Waals surface area contributed by atoms with Gasteiger partial charge in [-0.25, -0.2) is 4.57 Å². The Morgan fingerprint density at radius 1 is 0.971 bits per heavy atom. The van der Waals surface area contributed by atoms with Crippen LogP contribution in [0.1, 0.15) is 90.9 Å². The van der Waals surface area contributed by atoms with E-state index in [1.54, 1.807) is 6.08 Å². The number of nitrogens with zero attached hydrogens (tertiary/aromatic N) is 1. The number of phosphoric ester groups is 1. The summed E-state index contributed by atoms with van der Waals surface area (Å²) in [7, 11) is 1.56. The van der Waals surface area contributed by atoms with Crippen LogP contribution in [0.2, 0.25) is 0 Å². The molecule has 0 radical (unpaired) electrons. The molecule has 1 amide bonds. The quantitative estimate of drug-likeness (QED) is 0.0829. The monoisotopic (exact) mass is 507 g/mol. The lowest BCUT2D eigenvalue weighted by atomic mass is 10.0.